The molecule has 0 aliphatic carbocycles. The lowest BCUT2D eigenvalue weighted by molar-refractivity contribution is 0.181. The van der Waals surface area contributed by atoms with Gasteiger partial charge in [0.25, 0.3) is 0 Å². The van der Waals surface area contributed by atoms with Gasteiger partial charge in [0, 0.05) is 52.1 Å². The van der Waals surface area contributed by atoms with E-state index in [-0.39, 0.29) is 24.0 Å². The van der Waals surface area contributed by atoms with Crippen molar-refractivity contribution in [2.45, 2.75) is 13.0 Å². The van der Waals surface area contributed by atoms with Crippen molar-refractivity contribution >= 4 is 29.9 Å². The van der Waals surface area contributed by atoms with Crippen molar-refractivity contribution in [3.63, 3.8) is 0 Å². The highest BCUT2D eigenvalue weighted by molar-refractivity contribution is 14.0. The standard InChI is InChI=1S/C18H25N5O.HI/c1-19-18(22(2)13-16-7-10-24-14-16)20-12-15-5-3-6-17(11-15)23-9-4-8-21-23;/h3-6,8-9,11,16H,7,10,12-14H2,1-2H3,(H,19,20);1H. The van der Waals surface area contributed by atoms with Gasteiger partial charge in [-0.25, -0.2) is 4.68 Å². The second-order valence-corrected chi connectivity index (χ2v) is 6.13. The van der Waals surface area contributed by atoms with Crippen molar-refractivity contribution in [2.24, 2.45) is 10.9 Å². The number of guanidine groups is 1. The predicted octanol–water partition coefficient (Wildman–Crippen LogP) is 2.53. The number of benzene rings is 1. The van der Waals surface area contributed by atoms with Crippen molar-refractivity contribution in [2.75, 3.05) is 33.9 Å². The molecule has 1 aromatic heterocycles. The summed E-state index contributed by atoms with van der Waals surface area (Å²) in [6.07, 6.45) is 4.87. The number of hydrogen-bond donors (Lipinski definition) is 1. The molecule has 1 aliphatic rings. The van der Waals surface area contributed by atoms with E-state index in [4.69, 9.17) is 4.74 Å². The molecular formula is C18H26IN5O. The molecule has 1 unspecified atom stereocenters. The van der Waals surface area contributed by atoms with Gasteiger partial charge in [-0.15, -0.1) is 24.0 Å². The van der Waals surface area contributed by atoms with Gasteiger partial charge in [-0.1, -0.05) is 12.1 Å². The average Bonchev–Trinajstić information content (AvgIpc) is 3.29. The van der Waals surface area contributed by atoms with Gasteiger partial charge >= 0.3 is 0 Å². The van der Waals surface area contributed by atoms with Crippen LogP contribution >= 0.6 is 24.0 Å². The Morgan fingerprint density at radius 1 is 1.44 bits per heavy atom. The largest absolute Gasteiger partial charge is 0.381 e. The fourth-order valence-electron chi connectivity index (χ4n) is 3.00. The van der Waals surface area contributed by atoms with E-state index in [0.29, 0.717) is 5.92 Å². The Morgan fingerprint density at radius 3 is 3.00 bits per heavy atom. The summed E-state index contributed by atoms with van der Waals surface area (Å²) in [5, 5.41) is 7.71. The van der Waals surface area contributed by atoms with Crippen molar-refractivity contribution in [1.82, 2.24) is 20.0 Å². The maximum atomic E-state index is 5.45. The molecule has 6 nitrogen and oxygen atoms in total. The lowest BCUT2D eigenvalue weighted by atomic mass is 10.1. The summed E-state index contributed by atoms with van der Waals surface area (Å²) in [5.41, 5.74) is 2.26. The van der Waals surface area contributed by atoms with Gasteiger partial charge in [-0.3, -0.25) is 4.99 Å². The van der Waals surface area contributed by atoms with Gasteiger partial charge in [-0.2, -0.15) is 5.10 Å². The summed E-state index contributed by atoms with van der Waals surface area (Å²) < 4.78 is 7.32. The van der Waals surface area contributed by atoms with Crippen molar-refractivity contribution < 1.29 is 4.74 Å². The number of aliphatic imine (C=N–C) groups is 1. The number of aromatic nitrogens is 2. The molecule has 2 aromatic rings. The molecule has 0 bridgehead atoms. The maximum absolute atomic E-state index is 5.45. The van der Waals surface area contributed by atoms with Crippen LogP contribution in [0.1, 0.15) is 12.0 Å². The third kappa shape index (κ3) is 5.43. The van der Waals surface area contributed by atoms with E-state index in [0.717, 1.165) is 44.4 Å². The minimum absolute atomic E-state index is 0. The van der Waals surface area contributed by atoms with Gasteiger partial charge in [0.15, 0.2) is 5.96 Å². The Bertz CT molecular complexity index is 668. The van der Waals surface area contributed by atoms with Gasteiger partial charge < -0.3 is 15.0 Å². The Balaban J connectivity index is 0.00000225. The van der Waals surface area contributed by atoms with Crippen LogP contribution in [0.3, 0.4) is 0 Å². The zero-order valence-corrected chi connectivity index (χ0v) is 17.1. The smallest absolute Gasteiger partial charge is 0.193 e. The highest BCUT2D eigenvalue weighted by Crippen LogP contribution is 2.13. The average molecular weight is 455 g/mol. The van der Waals surface area contributed by atoms with Gasteiger partial charge in [-0.05, 0) is 30.2 Å². The van der Waals surface area contributed by atoms with Gasteiger partial charge in [0.2, 0.25) is 0 Å². The third-order valence-corrected chi connectivity index (χ3v) is 4.26. The van der Waals surface area contributed by atoms with Gasteiger partial charge in [0.05, 0.1) is 12.3 Å². The monoisotopic (exact) mass is 455 g/mol. The predicted molar refractivity (Wildman–Crippen MR) is 111 cm³/mol. The second kappa shape index (κ2) is 9.76. The van der Waals surface area contributed by atoms with Crippen LogP contribution in [0, 0.1) is 5.92 Å². The molecule has 1 atom stereocenters. The molecule has 3 rings (SSSR count). The molecule has 0 radical (unpaired) electrons. The molecule has 0 saturated carbocycles. The van der Waals surface area contributed by atoms with E-state index in [1.54, 1.807) is 6.20 Å². The number of ether oxygens (including phenoxy) is 1. The van der Waals surface area contributed by atoms with Crippen LogP contribution in [0.25, 0.3) is 5.69 Å². The van der Waals surface area contributed by atoms with Gasteiger partial charge in [0.1, 0.15) is 0 Å². The molecule has 1 fully saturated rings. The minimum Gasteiger partial charge on any atom is -0.381 e. The van der Waals surface area contributed by atoms with Crippen LogP contribution in [0.2, 0.25) is 0 Å². The molecule has 1 saturated heterocycles. The Labute approximate surface area is 166 Å². The first-order valence-electron chi connectivity index (χ1n) is 8.35. The number of halogens is 1. The molecule has 136 valence electrons. The zero-order valence-electron chi connectivity index (χ0n) is 14.8. The maximum Gasteiger partial charge on any atom is 0.193 e. The SMILES string of the molecule is CN=C(NCc1cccc(-n2cccn2)c1)N(C)CC1CCOC1.I. The molecular weight excluding hydrogens is 429 g/mol. The number of rotatable bonds is 5. The van der Waals surface area contributed by atoms with Crippen molar-refractivity contribution in [3.8, 4) is 5.69 Å². The third-order valence-electron chi connectivity index (χ3n) is 4.26. The van der Waals surface area contributed by atoms with Crippen LogP contribution < -0.4 is 5.32 Å². The van der Waals surface area contributed by atoms with Crippen LogP contribution in [0.4, 0.5) is 0 Å². The Kier molecular flexibility index (Phi) is 7.70. The van der Waals surface area contributed by atoms with E-state index < -0.39 is 0 Å². The molecule has 2 heterocycles. The Hall–Kier alpha value is -1.61. The summed E-state index contributed by atoms with van der Waals surface area (Å²) >= 11 is 0. The summed E-state index contributed by atoms with van der Waals surface area (Å²) in [4.78, 5) is 6.57. The lowest BCUT2D eigenvalue weighted by Gasteiger charge is -2.24. The quantitative estimate of drug-likeness (QED) is 0.428. The Morgan fingerprint density at radius 2 is 2.32 bits per heavy atom. The normalized spacial score (nSPS) is 17.2. The van der Waals surface area contributed by atoms with E-state index >= 15 is 0 Å². The molecule has 0 spiro atoms. The molecule has 1 aliphatic heterocycles. The lowest BCUT2D eigenvalue weighted by Crippen LogP contribution is -2.41. The highest BCUT2D eigenvalue weighted by atomic mass is 127. The second-order valence-electron chi connectivity index (χ2n) is 6.13. The zero-order chi connectivity index (χ0) is 16.8. The van der Waals surface area contributed by atoms with E-state index in [9.17, 15) is 0 Å². The summed E-state index contributed by atoms with van der Waals surface area (Å²) in [5.74, 6) is 1.50. The summed E-state index contributed by atoms with van der Waals surface area (Å²) in [6, 6.07) is 10.3. The van der Waals surface area contributed by atoms with Crippen LogP contribution in [0.5, 0.6) is 0 Å². The van der Waals surface area contributed by atoms with Crippen LogP contribution in [0.15, 0.2) is 47.7 Å². The number of nitrogens with one attached hydrogen (secondary N) is 1. The molecule has 7 heteroatoms. The minimum atomic E-state index is 0. The first-order valence-corrected chi connectivity index (χ1v) is 8.35. The van der Waals surface area contributed by atoms with E-state index in [1.165, 1.54) is 5.56 Å². The van der Waals surface area contributed by atoms with E-state index in [1.807, 2.05) is 24.0 Å². The van der Waals surface area contributed by atoms with Crippen molar-refractivity contribution in [1.29, 1.82) is 0 Å². The van der Waals surface area contributed by atoms with E-state index in [2.05, 4.69) is 51.6 Å². The molecule has 1 N–H and O–H groups in total. The van der Waals surface area contributed by atoms with Crippen molar-refractivity contribution in [3.05, 3.63) is 48.3 Å². The molecule has 1 aromatic carbocycles. The first-order chi connectivity index (χ1) is 11.8. The van der Waals surface area contributed by atoms with Crippen LogP contribution in [-0.2, 0) is 11.3 Å². The highest BCUT2D eigenvalue weighted by Gasteiger charge is 2.18. The molecule has 25 heavy (non-hydrogen) atoms. The summed E-state index contributed by atoms with van der Waals surface area (Å²) in [7, 11) is 3.90. The number of hydrogen-bond acceptors (Lipinski definition) is 3. The first kappa shape index (κ1) is 19.7. The number of nitrogens with zero attached hydrogens (tertiary/aromatic N) is 4. The van der Waals surface area contributed by atoms with Crippen LogP contribution in [-0.4, -0.2) is 54.5 Å². The molecule has 0 amide bonds. The topological polar surface area (TPSA) is 54.7 Å². The summed E-state index contributed by atoms with van der Waals surface area (Å²) in [6.45, 7) is 3.43. The fourth-order valence-corrected chi connectivity index (χ4v) is 3.00. The fraction of sp³-hybridized carbons (Fsp3) is 0.444.